The zero-order valence-corrected chi connectivity index (χ0v) is 11.8. The van der Waals surface area contributed by atoms with Crippen LogP contribution in [0.1, 0.15) is 45.6 Å². The van der Waals surface area contributed by atoms with Crippen LogP contribution in [-0.2, 0) is 5.41 Å². The second-order valence-electron chi connectivity index (χ2n) is 4.01. The molecule has 1 rings (SSSR count). The van der Waals surface area contributed by atoms with Crippen molar-refractivity contribution in [3.63, 3.8) is 0 Å². The Kier molecular flexibility index (Phi) is 4.44. The summed E-state index contributed by atoms with van der Waals surface area (Å²) in [5.41, 5.74) is 1.64. The highest BCUT2D eigenvalue weighted by atomic mass is 127. The number of aromatic hydroxyl groups is 1. The Hall–Kier alpha value is -0.250. The average Bonchev–Trinajstić information content (AvgIpc) is 2.26. The second-order valence-corrected chi connectivity index (χ2v) is 5.17. The second kappa shape index (κ2) is 5.19. The van der Waals surface area contributed by atoms with E-state index in [0.717, 1.165) is 22.8 Å². The standard InChI is InChI=1S/C13H19IO/c1-4-13(5-2,6-3)10-7-8-12(15)11(14)9-10/h7-9,15H,4-6H2,1-3H3. The van der Waals surface area contributed by atoms with Crippen LogP contribution in [0.2, 0.25) is 0 Å². The van der Waals surface area contributed by atoms with Crippen LogP contribution in [0.15, 0.2) is 18.2 Å². The van der Waals surface area contributed by atoms with E-state index in [9.17, 15) is 5.11 Å². The number of hydrogen-bond donors (Lipinski definition) is 1. The van der Waals surface area contributed by atoms with E-state index in [4.69, 9.17) is 0 Å². The zero-order chi connectivity index (χ0) is 11.5. The van der Waals surface area contributed by atoms with Gasteiger partial charge in [-0.2, -0.15) is 0 Å². The van der Waals surface area contributed by atoms with E-state index in [1.165, 1.54) is 5.56 Å². The van der Waals surface area contributed by atoms with Crippen LogP contribution in [0.3, 0.4) is 0 Å². The Morgan fingerprint density at radius 1 is 1.13 bits per heavy atom. The first-order valence-corrected chi connectivity index (χ1v) is 6.66. The van der Waals surface area contributed by atoms with Gasteiger partial charge in [0.25, 0.3) is 0 Å². The van der Waals surface area contributed by atoms with E-state index < -0.39 is 0 Å². The molecule has 0 aromatic heterocycles. The van der Waals surface area contributed by atoms with Gasteiger partial charge >= 0.3 is 0 Å². The van der Waals surface area contributed by atoms with Crippen LogP contribution >= 0.6 is 22.6 Å². The van der Waals surface area contributed by atoms with Gasteiger partial charge in [-0.25, -0.2) is 0 Å². The number of hydrogen-bond acceptors (Lipinski definition) is 1. The van der Waals surface area contributed by atoms with Gasteiger partial charge in [-0.3, -0.25) is 0 Å². The third-order valence-corrected chi connectivity index (χ3v) is 4.45. The minimum atomic E-state index is 0.285. The quantitative estimate of drug-likeness (QED) is 0.813. The lowest BCUT2D eigenvalue weighted by Crippen LogP contribution is -2.23. The molecule has 1 nitrogen and oxygen atoms in total. The van der Waals surface area contributed by atoms with Gasteiger partial charge in [-0.1, -0.05) is 26.8 Å². The molecule has 0 spiro atoms. The van der Waals surface area contributed by atoms with Crippen LogP contribution in [0, 0.1) is 3.57 Å². The highest BCUT2D eigenvalue weighted by Gasteiger charge is 2.26. The summed E-state index contributed by atoms with van der Waals surface area (Å²) in [5.74, 6) is 0.386. The molecule has 2 heteroatoms. The summed E-state index contributed by atoms with van der Waals surface area (Å²) in [6.45, 7) is 6.73. The van der Waals surface area contributed by atoms with Crippen molar-refractivity contribution in [2.24, 2.45) is 0 Å². The lowest BCUT2D eigenvalue weighted by atomic mass is 9.74. The Bertz CT molecular complexity index is 321. The molecule has 0 saturated carbocycles. The molecule has 84 valence electrons. The summed E-state index contributed by atoms with van der Waals surface area (Å²) in [7, 11) is 0. The molecule has 0 radical (unpaired) electrons. The summed E-state index contributed by atoms with van der Waals surface area (Å²) in [5, 5.41) is 9.52. The number of phenolic OH excluding ortho intramolecular Hbond substituents is 1. The molecule has 0 unspecified atom stereocenters. The highest BCUT2D eigenvalue weighted by Crippen LogP contribution is 2.36. The molecule has 0 saturated heterocycles. The fourth-order valence-corrected chi connectivity index (χ4v) is 2.71. The number of rotatable bonds is 4. The van der Waals surface area contributed by atoms with Gasteiger partial charge < -0.3 is 5.11 Å². The summed E-state index contributed by atoms with van der Waals surface area (Å²) < 4.78 is 0.949. The Labute approximate surface area is 106 Å². The van der Waals surface area contributed by atoms with Gasteiger partial charge in [0.15, 0.2) is 0 Å². The topological polar surface area (TPSA) is 20.2 Å². The average molecular weight is 318 g/mol. The molecule has 0 aliphatic rings. The van der Waals surface area contributed by atoms with Crippen LogP contribution in [0.5, 0.6) is 5.75 Å². The fourth-order valence-electron chi connectivity index (χ4n) is 2.20. The van der Waals surface area contributed by atoms with Crippen LogP contribution in [-0.4, -0.2) is 5.11 Å². The first-order chi connectivity index (χ1) is 7.09. The number of benzene rings is 1. The first kappa shape index (κ1) is 12.8. The molecule has 0 aliphatic heterocycles. The Balaban J connectivity index is 3.17. The molecule has 0 atom stereocenters. The van der Waals surface area contributed by atoms with Crippen molar-refractivity contribution in [2.75, 3.05) is 0 Å². The maximum atomic E-state index is 9.52. The Morgan fingerprint density at radius 3 is 2.07 bits per heavy atom. The number of phenols is 1. The molecular formula is C13H19IO. The van der Waals surface area contributed by atoms with Gasteiger partial charge in [0.1, 0.15) is 5.75 Å². The summed E-state index contributed by atoms with van der Waals surface area (Å²) >= 11 is 2.19. The molecule has 1 aromatic rings. The molecule has 1 aromatic carbocycles. The summed E-state index contributed by atoms with van der Waals surface area (Å²) in [4.78, 5) is 0. The van der Waals surface area contributed by atoms with Gasteiger partial charge in [0, 0.05) is 0 Å². The van der Waals surface area contributed by atoms with E-state index in [-0.39, 0.29) is 5.41 Å². The van der Waals surface area contributed by atoms with Gasteiger partial charge in [0.2, 0.25) is 0 Å². The molecule has 0 bridgehead atoms. The van der Waals surface area contributed by atoms with Crippen LogP contribution < -0.4 is 0 Å². The van der Waals surface area contributed by atoms with Crippen molar-refractivity contribution < 1.29 is 5.11 Å². The first-order valence-electron chi connectivity index (χ1n) is 5.58. The Morgan fingerprint density at radius 2 is 1.67 bits per heavy atom. The fraction of sp³-hybridized carbons (Fsp3) is 0.538. The highest BCUT2D eigenvalue weighted by molar-refractivity contribution is 14.1. The van der Waals surface area contributed by atoms with Crippen molar-refractivity contribution in [1.82, 2.24) is 0 Å². The van der Waals surface area contributed by atoms with E-state index >= 15 is 0 Å². The molecule has 1 N–H and O–H groups in total. The van der Waals surface area contributed by atoms with Crippen molar-refractivity contribution in [2.45, 2.75) is 45.4 Å². The SMILES string of the molecule is CCC(CC)(CC)c1ccc(O)c(I)c1. The minimum absolute atomic E-state index is 0.285. The van der Waals surface area contributed by atoms with Crippen molar-refractivity contribution in [3.05, 3.63) is 27.3 Å². The maximum absolute atomic E-state index is 9.52. The lowest BCUT2D eigenvalue weighted by molar-refractivity contribution is 0.380. The van der Waals surface area contributed by atoms with E-state index in [0.29, 0.717) is 5.75 Å². The van der Waals surface area contributed by atoms with Gasteiger partial charge in [-0.05, 0) is 65.0 Å². The summed E-state index contributed by atoms with van der Waals surface area (Å²) in [6, 6.07) is 5.99. The zero-order valence-electron chi connectivity index (χ0n) is 9.68. The van der Waals surface area contributed by atoms with E-state index in [2.05, 4.69) is 55.5 Å². The molecule has 0 heterocycles. The lowest BCUT2D eigenvalue weighted by Gasteiger charge is -2.31. The van der Waals surface area contributed by atoms with Crippen LogP contribution in [0.4, 0.5) is 0 Å². The third kappa shape index (κ3) is 2.47. The molecule has 15 heavy (non-hydrogen) atoms. The van der Waals surface area contributed by atoms with Gasteiger partial charge in [-0.15, -0.1) is 0 Å². The van der Waals surface area contributed by atoms with Crippen molar-refractivity contribution >= 4 is 22.6 Å². The minimum Gasteiger partial charge on any atom is -0.507 e. The van der Waals surface area contributed by atoms with Crippen molar-refractivity contribution in [1.29, 1.82) is 0 Å². The summed E-state index contributed by atoms with van der Waals surface area (Å²) in [6.07, 6.45) is 3.46. The van der Waals surface area contributed by atoms with E-state index in [1.807, 2.05) is 6.07 Å². The van der Waals surface area contributed by atoms with Crippen LogP contribution in [0.25, 0.3) is 0 Å². The predicted octanol–water partition coefficient (Wildman–Crippen LogP) is 4.46. The third-order valence-electron chi connectivity index (χ3n) is 3.59. The van der Waals surface area contributed by atoms with Gasteiger partial charge in [0.05, 0.1) is 3.57 Å². The maximum Gasteiger partial charge on any atom is 0.128 e. The molecule has 0 aliphatic carbocycles. The largest absolute Gasteiger partial charge is 0.507 e. The predicted molar refractivity (Wildman–Crippen MR) is 73.4 cm³/mol. The monoisotopic (exact) mass is 318 g/mol. The molecule has 0 amide bonds. The normalized spacial score (nSPS) is 11.7. The van der Waals surface area contributed by atoms with E-state index in [1.54, 1.807) is 0 Å². The smallest absolute Gasteiger partial charge is 0.128 e. The molecular weight excluding hydrogens is 299 g/mol. The number of halogens is 1. The molecule has 0 fully saturated rings. The van der Waals surface area contributed by atoms with Crippen molar-refractivity contribution in [3.8, 4) is 5.75 Å².